The molecule has 4 fully saturated rings. The molecule has 4 rings (SSSR count). The Labute approximate surface area is 268 Å². The molecule has 8 unspecified atom stereocenters. The second kappa shape index (κ2) is 16.1. The van der Waals surface area contributed by atoms with Gasteiger partial charge in [-0.2, -0.15) is 9.88 Å². The molecule has 0 aromatic carbocycles. The lowest BCUT2D eigenvalue weighted by molar-refractivity contribution is -1.06. The number of nitrogens with one attached hydrogen (secondary N) is 3. The van der Waals surface area contributed by atoms with E-state index < -0.39 is 21.7 Å². The average molecular weight is 642 g/mol. The molecule has 0 bridgehead atoms. The van der Waals surface area contributed by atoms with Gasteiger partial charge in [-0.3, -0.25) is 9.68 Å². The molecule has 8 atom stereocenters. The molecule has 4 aliphatic carbocycles. The van der Waals surface area contributed by atoms with Gasteiger partial charge in [-0.1, -0.05) is 71.9 Å². The average Bonchev–Trinajstić information content (AvgIpc) is 3.14. The van der Waals surface area contributed by atoms with Crippen LogP contribution in [0.3, 0.4) is 0 Å². The highest BCUT2D eigenvalue weighted by Gasteiger charge is 2.55. The summed E-state index contributed by atoms with van der Waals surface area (Å²) in [6, 6.07) is 0. The van der Waals surface area contributed by atoms with E-state index in [1.807, 2.05) is 0 Å². The highest BCUT2D eigenvalue weighted by atomic mass is 17.0. The van der Waals surface area contributed by atoms with Crippen molar-refractivity contribution in [2.75, 3.05) is 13.1 Å². The van der Waals surface area contributed by atoms with Gasteiger partial charge in [0.25, 0.3) is 0 Å². The minimum Gasteiger partial charge on any atom is -0.589 e. The fourth-order valence-corrected chi connectivity index (χ4v) is 9.65. The number of quaternary nitrogens is 2. The molecule has 0 aromatic heterocycles. The molecule has 0 amide bonds. The third kappa shape index (κ3) is 8.52. The molecule has 0 radical (unpaired) electrons. The van der Waals surface area contributed by atoms with Crippen LogP contribution in [0.25, 0.3) is 0 Å². The van der Waals surface area contributed by atoms with Gasteiger partial charge in [0.05, 0.1) is 11.2 Å². The van der Waals surface area contributed by atoms with Crippen LogP contribution >= 0.6 is 0 Å². The zero-order valence-corrected chi connectivity index (χ0v) is 28.1. The third-order valence-corrected chi connectivity index (χ3v) is 13.2. The monoisotopic (exact) mass is 641 g/mol. The maximum absolute atomic E-state index is 12.2. The maximum atomic E-state index is 12.2. The molecule has 0 saturated heterocycles. The van der Waals surface area contributed by atoms with Crippen molar-refractivity contribution < 1.29 is 30.0 Å². The predicted octanol–water partition coefficient (Wildman–Crippen LogP) is 5.50. The van der Waals surface area contributed by atoms with E-state index >= 15 is 0 Å². The van der Waals surface area contributed by atoms with E-state index in [4.69, 9.17) is 9.68 Å². The predicted molar refractivity (Wildman–Crippen MR) is 168 cm³/mol. The van der Waals surface area contributed by atoms with Crippen LogP contribution in [0.5, 0.6) is 0 Å². The number of hydrogen-bond donors (Lipinski definition) is 3. The summed E-state index contributed by atoms with van der Waals surface area (Å²) in [6.45, 7) is 9.46. The van der Waals surface area contributed by atoms with Crippen LogP contribution in [0.2, 0.25) is 0 Å². The van der Waals surface area contributed by atoms with Crippen molar-refractivity contribution in [1.82, 2.24) is 5.64 Å². The van der Waals surface area contributed by atoms with Gasteiger partial charge in [-0.05, 0) is 99.7 Å². The van der Waals surface area contributed by atoms with E-state index in [0.29, 0.717) is 0 Å². The van der Waals surface area contributed by atoms with Gasteiger partial charge in [0.1, 0.15) is 13.1 Å². The van der Waals surface area contributed by atoms with Crippen molar-refractivity contribution in [3.05, 3.63) is 20.2 Å². The summed E-state index contributed by atoms with van der Waals surface area (Å²) < 4.78 is 0. The highest BCUT2D eigenvalue weighted by Crippen LogP contribution is 2.55. The quantitative estimate of drug-likeness (QED) is 0.126. The summed E-state index contributed by atoms with van der Waals surface area (Å²) in [5, 5.41) is 28.0. The Hall–Kier alpha value is -1.48. The Balaban J connectivity index is 1.55. The Bertz CT molecular complexity index is 933. The second-order valence-electron chi connectivity index (χ2n) is 15.6. The van der Waals surface area contributed by atoms with E-state index in [1.54, 1.807) is 0 Å². The Morgan fingerprint density at radius 2 is 0.978 bits per heavy atom. The fraction of sp³-hybridized carbons (Fsp3) is 1.00. The molecule has 260 valence electrons. The number of nitrogens with zero attached hydrogens (tertiary/aromatic N) is 2. The van der Waals surface area contributed by atoms with Gasteiger partial charge in [0.2, 0.25) is 10.7 Å². The zero-order chi connectivity index (χ0) is 32.6. The number of rotatable bonds is 14. The van der Waals surface area contributed by atoms with Crippen molar-refractivity contribution in [1.29, 1.82) is 0 Å². The van der Waals surface area contributed by atoms with E-state index in [2.05, 4.69) is 53.9 Å². The van der Waals surface area contributed by atoms with Crippen molar-refractivity contribution in [3.8, 4) is 0 Å². The first kappa shape index (κ1) is 36.4. The fourth-order valence-electron chi connectivity index (χ4n) is 9.65. The van der Waals surface area contributed by atoms with Crippen LogP contribution < -0.4 is 16.1 Å². The normalized spacial score (nSPS) is 36.9. The first-order chi connectivity index (χ1) is 21.5. The molecule has 45 heavy (non-hydrogen) atoms. The minimum atomic E-state index is -0.570. The van der Waals surface area contributed by atoms with Crippen molar-refractivity contribution in [2.45, 2.75) is 154 Å². The Morgan fingerprint density at radius 3 is 1.36 bits per heavy atom. The van der Waals surface area contributed by atoms with Gasteiger partial charge < -0.3 is 10.4 Å². The first-order valence-corrected chi connectivity index (χ1v) is 17.7. The number of hydrogen-bond acceptors (Lipinski definition) is 11. The van der Waals surface area contributed by atoms with Crippen molar-refractivity contribution in [2.24, 2.45) is 45.2 Å². The topological polar surface area (TPSA) is 163 Å². The summed E-state index contributed by atoms with van der Waals surface area (Å²) in [4.78, 5) is 43.7. The van der Waals surface area contributed by atoms with E-state index in [-0.39, 0.29) is 47.6 Å². The Morgan fingerprint density at radius 1 is 0.622 bits per heavy atom. The van der Waals surface area contributed by atoms with Crippen molar-refractivity contribution >= 4 is 0 Å². The van der Waals surface area contributed by atoms with Gasteiger partial charge in [-0.15, -0.1) is 20.3 Å². The summed E-state index contributed by atoms with van der Waals surface area (Å²) in [5.74, 6) is 0.728. The molecule has 0 aliphatic heterocycles. The smallest absolute Gasteiger partial charge is 0.213 e. The zero-order valence-electron chi connectivity index (χ0n) is 28.1. The minimum absolute atomic E-state index is 0.0295. The van der Waals surface area contributed by atoms with Crippen LogP contribution in [0, 0.1) is 54.7 Å². The lowest BCUT2D eigenvalue weighted by Crippen LogP contribution is -3.06. The maximum Gasteiger partial charge on any atom is 0.213 e. The van der Waals surface area contributed by atoms with Crippen LogP contribution in [0.4, 0.5) is 0 Å². The molecule has 0 heterocycles. The molecule has 13 heteroatoms. The molecule has 3 N–H and O–H groups in total. The van der Waals surface area contributed by atoms with Gasteiger partial charge >= 0.3 is 0 Å². The first-order valence-electron chi connectivity index (χ1n) is 17.7. The van der Waals surface area contributed by atoms with E-state index in [0.717, 1.165) is 77.0 Å². The molecule has 13 nitrogen and oxygen atoms in total. The van der Waals surface area contributed by atoms with Gasteiger partial charge in [-0.25, -0.2) is 0 Å². The molecule has 0 spiro atoms. The summed E-state index contributed by atoms with van der Waals surface area (Å²) >= 11 is 0. The SMILES string of the molecule is CC1CCC(ONOC2(C3(C)CCCC3)CCC(C)C(C[NH+]([O-])ON=O)CC2)(C2(C)CCCCCC2)CCC1C[NH+]([O-])ON=O. The Kier molecular flexibility index (Phi) is 13.0. The largest absolute Gasteiger partial charge is 0.589 e. The van der Waals surface area contributed by atoms with Gasteiger partial charge in [0.15, 0.2) is 0 Å². The molecule has 4 saturated carbocycles. The second-order valence-corrected chi connectivity index (χ2v) is 15.6. The lowest BCUT2D eigenvalue weighted by Gasteiger charge is -2.50. The summed E-state index contributed by atoms with van der Waals surface area (Å²) in [7, 11) is 0. The van der Waals surface area contributed by atoms with Crippen LogP contribution in [0.1, 0.15) is 143 Å². The van der Waals surface area contributed by atoms with Crippen LogP contribution in [-0.4, -0.2) is 24.3 Å². The molecular formula is C32H59N5O8. The van der Waals surface area contributed by atoms with Crippen molar-refractivity contribution in [3.63, 3.8) is 0 Å². The summed E-state index contributed by atoms with van der Waals surface area (Å²) in [6.07, 6.45) is 18.1. The van der Waals surface area contributed by atoms with Crippen LogP contribution in [-0.2, 0) is 19.6 Å². The highest BCUT2D eigenvalue weighted by molar-refractivity contribution is 5.03. The van der Waals surface area contributed by atoms with E-state index in [1.165, 1.54) is 38.5 Å². The molecule has 4 aliphatic rings. The van der Waals surface area contributed by atoms with Crippen LogP contribution in [0.15, 0.2) is 10.7 Å². The van der Waals surface area contributed by atoms with Gasteiger partial charge in [0, 0.05) is 11.8 Å². The standard InChI is InChI=1S/C32H59N5O8/c1-25-11-19-31(29(3)15-7-5-6-8-16-29,21-13-27(25)23-36(40)44-33-38)42-35-43-32(30(4)17-9-10-18-30)20-12-26(2)28(14-22-32)24-37(41)45-34-39/h25-28,35-37H,5-24H2,1-4H3. The molecule has 0 aromatic rings. The third-order valence-electron chi connectivity index (χ3n) is 13.2. The lowest BCUT2D eigenvalue weighted by atomic mass is 9.65. The number of hydroxylamine groups is 4. The van der Waals surface area contributed by atoms with E-state index in [9.17, 15) is 20.2 Å². The molecular weight excluding hydrogens is 582 g/mol. The summed E-state index contributed by atoms with van der Waals surface area (Å²) in [5.41, 5.74) is 2.17.